The molecular formula is C36H56FN5O. The van der Waals surface area contributed by atoms with Crippen molar-refractivity contribution in [1.29, 1.82) is 5.41 Å². The van der Waals surface area contributed by atoms with Gasteiger partial charge in [-0.25, -0.2) is 4.39 Å². The van der Waals surface area contributed by atoms with Gasteiger partial charge in [-0.15, -0.1) is 0 Å². The van der Waals surface area contributed by atoms with Gasteiger partial charge in [0.1, 0.15) is 12.0 Å². The normalized spacial score (nSPS) is 23.1. The van der Waals surface area contributed by atoms with E-state index in [4.69, 9.17) is 15.1 Å². The molecule has 1 heterocycles. The Labute approximate surface area is 260 Å². The fourth-order valence-corrected chi connectivity index (χ4v) is 5.09. The van der Waals surface area contributed by atoms with E-state index < -0.39 is 6.17 Å². The third-order valence-electron chi connectivity index (χ3n) is 7.47. The summed E-state index contributed by atoms with van der Waals surface area (Å²) < 4.78 is 19.6. The highest BCUT2D eigenvalue weighted by Crippen LogP contribution is 2.37. The first-order valence-electron chi connectivity index (χ1n) is 16.2. The molecular weight excluding hydrogens is 537 g/mol. The van der Waals surface area contributed by atoms with Gasteiger partial charge in [-0.1, -0.05) is 65.8 Å². The maximum absolute atomic E-state index is 13.8. The molecule has 3 atom stereocenters. The number of nitrogens with zero attached hydrogens (tertiary/aromatic N) is 2. The topological polar surface area (TPSA) is 72.7 Å². The van der Waals surface area contributed by atoms with Crippen LogP contribution < -0.4 is 10.6 Å². The van der Waals surface area contributed by atoms with Gasteiger partial charge in [0.15, 0.2) is 0 Å². The van der Waals surface area contributed by atoms with Gasteiger partial charge in [0.25, 0.3) is 0 Å². The smallest absolute Gasteiger partial charge is 0.137 e. The van der Waals surface area contributed by atoms with Crippen molar-refractivity contribution in [3.8, 4) is 0 Å². The second-order valence-corrected chi connectivity index (χ2v) is 11.6. The SMILES string of the molecule is C/C=C/N(C=N)C(/C=C\C(C)(C)/C=C1\CCCN=C1NC(CCOCCC)NC1=CC=CC(F)C=C1)=C1\CCC1C.CC. The molecule has 0 saturated heterocycles. The summed E-state index contributed by atoms with van der Waals surface area (Å²) in [5, 5.41) is 15.2. The number of alkyl halides is 1. The van der Waals surface area contributed by atoms with Crippen LogP contribution in [0.25, 0.3) is 0 Å². The lowest BCUT2D eigenvalue weighted by atomic mass is 9.78. The minimum absolute atomic E-state index is 0.121. The van der Waals surface area contributed by atoms with Gasteiger partial charge in [0.2, 0.25) is 0 Å². The van der Waals surface area contributed by atoms with Crippen LogP contribution in [0.2, 0.25) is 0 Å². The van der Waals surface area contributed by atoms with Crippen LogP contribution in [0.3, 0.4) is 0 Å². The Hall–Kier alpha value is -3.19. The Kier molecular flexibility index (Phi) is 16.0. The van der Waals surface area contributed by atoms with E-state index in [1.165, 1.54) is 30.0 Å². The van der Waals surface area contributed by atoms with E-state index in [0.717, 1.165) is 62.5 Å². The van der Waals surface area contributed by atoms with Crippen molar-refractivity contribution in [2.75, 3.05) is 19.8 Å². The van der Waals surface area contributed by atoms with Crippen molar-refractivity contribution in [2.45, 2.75) is 99.3 Å². The highest BCUT2D eigenvalue weighted by Gasteiger charge is 2.25. The fourth-order valence-electron chi connectivity index (χ4n) is 5.09. The average molecular weight is 594 g/mol. The number of rotatable bonds is 14. The molecule has 0 amide bonds. The standard InChI is InChI=1S/C34H50FN5O.C2H6/c1-6-21-40(25-36)31(30-16-13-26(30)3)17-19-34(4,5)24-27-10-9-20-37-33(27)39-32(18-23-41-22-7-2)38-29-12-8-11-28(35)14-15-29;1-2/h6,8,11-12,14-15,17,19,21,24-26,28,32,36,38H,7,9-10,13,16,18,20,22-23H2,1-5H3,(H,37,39);1-2H3/b19-17-,21-6+,27-24+,31-30+,36-25?;. The first kappa shape index (κ1) is 36.0. The highest BCUT2D eigenvalue weighted by molar-refractivity contribution is 5.99. The molecule has 0 bridgehead atoms. The van der Waals surface area contributed by atoms with E-state index in [0.29, 0.717) is 12.5 Å². The van der Waals surface area contributed by atoms with Crippen molar-refractivity contribution in [1.82, 2.24) is 15.5 Å². The molecule has 3 unspecified atom stereocenters. The number of hydrogen-bond acceptors (Lipinski definition) is 5. The zero-order chi connectivity index (χ0) is 31.7. The molecule has 0 aromatic rings. The predicted octanol–water partition coefficient (Wildman–Crippen LogP) is 8.51. The van der Waals surface area contributed by atoms with E-state index in [1.54, 1.807) is 18.2 Å². The summed E-state index contributed by atoms with van der Waals surface area (Å²) >= 11 is 0. The molecule has 7 heteroatoms. The van der Waals surface area contributed by atoms with Gasteiger partial charge >= 0.3 is 0 Å². The van der Waals surface area contributed by atoms with Gasteiger partial charge < -0.3 is 20.3 Å². The number of aliphatic imine (C=N–C) groups is 1. The third-order valence-corrected chi connectivity index (χ3v) is 7.47. The quantitative estimate of drug-likeness (QED) is 0.0817. The van der Waals surface area contributed by atoms with Crippen LogP contribution >= 0.6 is 0 Å². The zero-order valence-electron chi connectivity index (χ0n) is 27.6. The maximum Gasteiger partial charge on any atom is 0.137 e. The summed E-state index contributed by atoms with van der Waals surface area (Å²) in [5.41, 5.74) is 4.33. The number of allylic oxidation sites excluding steroid dienone is 10. The fraction of sp³-hybridized carbons (Fsp3) is 0.556. The van der Waals surface area contributed by atoms with Crippen molar-refractivity contribution in [3.05, 3.63) is 83.4 Å². The monoisotopic (exact) mass is 593 g/mol. The third kappa shape index (κ3) is 12.1. The van der Waals surface area contributed by atoms with Crippen molar-refractivity contribution < 1.29 is 9.13 Å². The summed E-state index contributed by atoms with van der Waals surface area (Å²) in [4.78, 5) is 6.80. The molecule has 238 valence electrons. The van der Waals surface area contributed by atoms with Crippen LogP contribution in [0.1, 0.15) is 87.0 Å². The summed E-state index contributed by atoms with van der Waals surface area (Å²) in [6.45, 7) is 16.9. The largest absolute Gasteiger partial charge is 0.381 e. The first-order valence-corrected chi connectivity index (χ1v) is 16.2. The number of amidine groups is 1. The minimum Gasteiger partial charge on any atom is -0.381 e. The molecule has 0 radical (unpaired) electrons. The second-order valence-electron chi connectivity index (χ2n) is 11.6. The van der Waals surface area contributed by atoms with Gasteiger partial charge in [-0.3, -0.25) is 10.4 Å². The molecule has 1 fully saturated rings. The number of halogens is 1. The van der Waals surface area contributed by atoms with Crippen molar-refractivity contribution in [2.24, 2.45) is 16.3 Å². The summed E-state index contributed by atoms with van der Waals surface area (Å²) in [6, 6.07) is 0. The Balaban J connectivity index is 0.00000316. The van der Waals surface area contributed by atoms with Gasteiger partial charge in [0, 0.05) is 42.6 Å². The van der Waals surface area contributed by atoms with Gasteiger partial charge in [0.05, 0.1) is 19.1 Å². The summed E-state index contributed by atoms with van der Waals surface area (Å²) in [7, 11) is 0. The summed E-state index contributed by atoms with van der Waals surface area (Å²) in [6.07, 6.45) is 25.3. The molecule has 2 aliphatic carbocycles. The van der Waals surface area contributed by atoms with Crippen LogP contribution in [-0.4, -0.2) is 49.2 Å². The Morgan fingerprint density at radius 2 is 2.02 bits per heavy atom. The van der Waals surface area contributed by atoms with E-state index >= 15 is 0 Å². The first-order chi connectivity index (χ1) is 20.8. The lowest BCUT2D eigenvalue weighted by Gasteiger charge is -2.32. The minimum atomic E-state index is -1.08. The van der Waals surface area contributed by atoms with Crippen LogP contribution in [0.5, 0.6) is 0 Å². The van der Waals surface area contributed by atoms with Crippen LogP contribution in [0.15, 0.2) is 88.4 Å². The van der Waals surface area contributed by atoms with Crippen LogP contribution in [0.4, 0.5) is 4.39 Å². The molecule has 3 rings (SSSR count). The molecule has 0 aromatic carbocycles. The average Bonchev–Trinajstić information content (AvgIpc) is 3.20. The highest BCUT2D eigenvalue weighted by atomic mass is 19.1. The molecule has 3 aliphatic rings. The molecule has 43 heavy (non-hydrogen) atoms. The molecule has 0 aromatic heterocycles. The zero-order valence-corrected chi connectivity index (χ0v) is 27.6. The van der Waals surface area contributed by atoms with Crippen molar-refractivity contribution >= 4 is 12.2 Å². The molecule has 6 nitrogen and oxygen atoms in total. The van der Waals surface area contributed by atoms with Crippen LogP contribution in [-0.2, 0) is 4.74 Å². The lowest BCUT2D eigenvalue weighted by molar-refractivity contribution is 0.124. The van der Waals surface area contributed by atoms with Crippen LogP contribution in [0, 0.1) is 16.7 Å². The van der Waals surface area contributed by atoms with E-state index in [1.807, 2.05) is 44.0 Å². The van der Waals surface area contributed by atoms with E-state index in [9.17, 15) is 4.39 Å². The number of hydrogen-bond donors (Lipinski definition) is 3. The molecule has 3 N–H and O–H groups in total. The van der Waals surface area contributed by atoms with Gasteiger partial charge in [-0.05, 0) is 86.5 Å². The van der Waals surface area contributed by atoms with E-state index in [-0.39, 0.29) is 11.6 Å². The maximum atomic E-state index is 13.8. The molecule has 0 spiro atoms. The number of nitrogens with one attached hydrogen (secondary N) is 3. The Bertz CT molecular complexity index is 1120. The lowest BCUT2D eigenvalue weighted by Crippen LogP contribution is -2.46. The second kappa shape index (κ2) is 19.2. The van der Waals surface area contributed by atoms with E-state index in [2.05, 4.69) is 56.6 Å². The molecule has 1 saturated carbocycles. The van der Waals surface area contributed by atoms with Crippen molar-refractivity contribution in [3.63, 3.8) is 0 Å². The Morgan fingerprint density at radius 1 is 1.23 bits per heavy atom. The molecule has 1 aliphatic heterocycles. The Morgan fingerprint density at radius 3 is 2.67 bits per heavy atom. The summed E-state index contributed by atoms with van der Waals surface area (Å²) in [5.74, 6) is 1.45. The number of ether oxygens (including phenoxy) is 1. The van der Waals surface area contributed by atoms with Gasteiger partial charge in [-0.2, -0.15) is 0 Å². The predicted molar refractivity (Wildman–Crippen MR) is 182 cm³/mol.